The first-order chi connectivity index (χ1) is 25.9. The summed E-state index contributed by atoms with van der Waals surface area (Å²) in [4.78, 5) is 26.0. The van der Waals surface area contributed by atoms with Crippen LogP contribution in [0.5, 0.6) is 0 Å². The molecule has 2 saturated heterocycles. The van der Waals surface area contributed by atoms with Crippen LogP contribution in [-0.4, -0.2) is 80.2 Å². The Morgan fingerprint density at radius 1 is 0.963 bits per heavy atom. The second kappa shape index (κ2) is 12.6. The van der Waals surface area contributed by atoms with E-state index < -0.39 is 21.7 Å². The molecule has 0 bridgehead atoms. The Labute approximate surface area is 309 Å². The monoisotopic (exact) mass is 750 g/mol. The van der Waals surface area contributed by atoms with Gasteiger partial charge in [0.15, 0.2) is 0 Å². The maximum atomic E-state index is 15.4. The van der Waals surface area contributed by atoms with E-state index in [0.717, 1.165) is 55.5 Å². The highest BCUT2D eigenvalue weighted by Crippen LogP contribution is 2.43. The van der Waals surface area contributed by atoms with E-state index in [-0.39, 0.29) is 33.8 Å². The third kappa shape index (κ3) is 5.58. The molecule has 2 aliphatic rings. The van der Waals surface area contributed by atoms with Gasteiger partial charge in [0.1, 0.15) is 34.3 Å². The van der Waals surface area contributed by atoms with E-state index in [2.05, 4.69) is 10.2 Å². The first kappa shape index (κ1) is 34.3. The number of benzene rings is 3. The topological polar surface area (TPSA) is 122 Å². The van der Waals surface area contributed by atoms with Crippen LogP contribution in [0.25, 0.3) is 61.0 Å². The molecule has 11 nitrogen and oxygen atoms in total. The van der Waals surface area contributed by atoms with Gasteiger partial charge in [-0.3, -0.25) is 18.4 Å². The van der Waals surface area contributed by atoms with E-state index in [1.165, 1.54) is 44.4 Å². The standard InChI is InChI=1S/C40H36F2N6O5S/c1-43-39(49)36-27-17-26(32(46(2)54(3,50)51)19-34(27)53-38(36)23-7-9-24(41)10-8-23)29-11-12-30-37(45-29)33-18-25-28(42)5-4-6-31(25)48(33)35(44-30)20-47-21-40(22-47)13-15-52-16-14-40/h4-12,17-19H,13-16,20-22H2,1-3H3,(H,43,49). The molecule has 276 valence electrons. The Morgan fingerprint density at radius 3 is 2.44 bits per heavy atom. The van der Waals surface area contributed by atoms with Crippen molar-refractivity contribution in [1.29, 1.82) is 0 Å². The largest absolute Gasteiger partial charge is 0.455 e. The number of likely N-dealkylation sites (tertiary alicyclic amines) is 1. The molecule has 7 aromatic rings. The number of carbonyl (C=O) groups is 1. The highest BCUT2D eigenvalue weighted by molar-refractivity contribution is 7.92. The predicted octanol–water partition coefficient (Wildman–Crippen LogP) is 6.76. The van der Waals surface area contributed by atoms with Crippen LogP contribution in [0, 0.1) is 17.0 Å². The molecular formula is C40H36F2N6O5S. The second-order valence-corrected chi connectivity index (χ2v) is 16.4. The molecule has 2 aliphatic heterocycles. The number of carbonyl (C=O) groups excluding carboxylic acids is 1. The maximum Gasteiger partial charge on any atom is 0.255 e. The van der Waals surface area contributed by atoms with Crippen molar-refractivity contribution >= 4 is 60.0 Å². The lowest BCUT2D eigenvalue weighted by atomic mass is 9.73. The number of amides is 1. The fraction of sp³-hybridized carbons (Fsp3) is 0.275. The second-order valence-electron chi connectivity index (χ2n) is 14.4. The Morgan fingerprint density at radius 2 is 1.72 bits per heavy atom. The maximum absolute atomic E-state index is 15.4. The molecule has 0 saturated carbocycles. The van der Waals surface area contributed by atoms with Crippen molar-refractivity contribution in [2.24, 2.45) is 5.41 Å². The number of rotatable bonds is 7. The molecule has 0 aliphatic carbocycles. The number of anilines is 1. The average molecular weight is 751 g/mol. The third-order valence-corrected chi connectivity index (χ3v) is 12.1. The van der Waals surface area contributed by atoms with Crippen molar-refractivity contribution in [3.05, 3.63) is 95.8 Å². The van der Waals surface area contributed by atoms with Crippen LogP contribution in [0.2, 0.25) is 0 Å². The summed E-state index contributed by atoms with van der Waals surface area (Å²) >= 11 is 0. The number of nitrogens with zero attached hydrogens (tertiary/aromatic N) is 5. The fourth-order valence-corrected chi connectivity index (χ4v) is 8.60. The van der Waals surface area contributed by atoms with Crippen molar-refractivity contribution in [3.63, 3.8) is 0 Å². The third-order valence-electron chi connectivity index (χ3n) is 10.9. The number of hydrogen-bond acceptors (Lipinski definition) is 8. The van der Waals surface area contributed by atoms with Crippen molar-refractivity contribution < 1.29 is 31.1 Å². The molecule has 4 aromatic heterocycles. The zero-order valence-corrected chi connectivity index (χ0v) is 30.6. The molecule has 6 heterocycles. The molecule has 0 unspecified atom stereocenters. The van der Waals surface area contributed by atoms with Crippen LogP contribution < -0.4 is 9.62 Å². The minimum absolute atomic E-state index is 0.199. The van der Waals surface area contributed by atoms with Gasteiger partial charge >= 0.3 is 0 Å². The van der Waals surface area contributed by atoms with Gasteiger partial charge in [-0.15, -0.1) is 0 Å². The molecule has 54 heavy (non-hydrogen) atoms. The Kier molecular flexibility index (Phi) is 7.99. The van der Waals surface area contributed by atoms with Gasteiger partial charge < -0.3 is 14.5 Å². The molecular weight excluding hydrogens is 715 g/mol. The number of aromatic nitrogens is 3. The van der Waals surface area contributed by atoms with Gasteiger partial charge in [0.2, 0.25) is 10.0 Å². The number of ether oxygens (including phenoxy) is 1. The molecule has 0 radical (unpaired) electrons. The van der Waals surface area contributed by atoms with Crippen molar-refractivity contribution in [3.8, 4) is 22.6 Å². The minimum Gasteiger partial charge on any atom is -0.455 e. The number of nitrogens with one attached hydrogen (secondary N) is 1. The minimum atomic E-state index is -3.79. The van der Waals surface area contributed by atoms with Gasteiger partial charge in [-0.25, -0.2) is 27.2 Å². The van der Waals surface area contributed by atoms with Crippen molar-refractivity contribution in [1.82, 2.24) is 24.6 Å². The summed E-state index contributed by atoms with van der Waals surface area (Å²) in [5.41, 5.74) is 4.65. The summed E-state index contributed by atoms with van der Waals surface area (Å²) in [6, 6.07) is 19.2. The summed E-state index contributed by atoms with van der Waals surface area (Å²) < 4.78 is 70.2. The van der Waals surface area contributed by atoms with Crippen LogP contribution in [-0.2, 0) is 21.3 Å². The summed E-state index contributed by atoms with van der Waals surface area (Å²) in [5.74, 6) is -0.296. The van der Waals surface area contributed by atoms with Gasteiger partial charge in [0, 0.05) is 73.8 Å². The summed E-state index contributed by atoms with van der Waals surface area (Å²) in [6.45, 7) is 4.00. The molecule has 2 fully saturated rings. The summed E-state index contributed by atoms with van der Waals surface area (Å²) in [7, 11) is -0.862. The number of furan rings is 1. The number of pyridine rings is 1. The number of halogens is 2. The Hall–Kier alpha value is -5.44. The van der Waals surface area contributed by atoms with Crippen LogP contribution in [0.4, 0.5) is 14.5 Å². The Bertz CT molecular complexity index is 2770. The first-order valence-corrected chi connectivity index (χ1v) is 19.5. The molecule has 1 N–H and O–H groups in total. The van der Waals surface area contributed by atoms with E-state index in [1.807, 2.05) is 16.5 Å². The van der Waals surface area contributed by atoms with Crippen LogP contribution in [0.15, 0.2) is 77.2 Å². The van der Waals surface area contributed by atoms with E-state index in [4.69, 9.17) is 19.1 Å². The van der Waals surface area contributed by atoms with E-state index >= 15 is 4.39 Å². The molecule has 0 atom stereocenters. The number of hydrogen-bond donors (Lipinski definition) is 1. The smallest absolute Gasteiger partial charge is 0.255 e. The SMILES string of the molecule is CNC(=O)c1c(-c2ccc(F)cc2)oc2cc(N(C)S(C)(=O)=O)c(-c3ccc4nc(CN5CC6(CCOCC6)C5)n5c6cccc(F)c6cc5c4n3)cc12. The van der Waals surface area contributed by atoms with Crippen LogP contribution in [0.3, 0.4) is 0 Å². The van der Waals surface area contributed by atoms with Crippen LogP contribution in [0.1, 0.15) is 29.0 Å². The summed E-state index contributed by atoms with van der Waals surface area (Å²) in [6.07, 6.45) is 3.16. The highest BCUT2D eigenvalue weighted by atomic mass is 32.2. The fourth-order valence-electron chi connectivity index (χ4n) is 8.09. The predicted molar refractivity (Wildman–Crippen MR) is 203 cm³/mol. The lowest BCUT2D eigenvalue weighted by Crippen LogP contribution is -2.57. The van der Waals surface area contributed by atoms with Gasteiger partial charge in [-0.1, -0.05) is 6.07 Å². The number of fused-ring (bicyclic) bond motifs is 6. The van der Waals surface area contributed by atoms with Gasteiger partial charge in [0.25, 0.3) is 5.91 Å². The molecule has 14 heteroatoms. The van der Waals surface area contributed by atoms with Gasteiger partial charge in [-0.05, 0) is 73.5 Å². The zero-order chi connectivity index (χ0) is 37.5. The van der Waals surface area contributed by atoms with Gasteiger partial charge in [0.05, 0.1) is 46.3 Å². The lowest BCUT2D eigenvalue weighted by molar-refractivity contribution is -0.0847. The molecule has 1 spiro atoms. The van der Waals surface area contributed by atoms with E-state index in [1.54, 1.807) is 30.3 Å². The van der Waals surface area contributed by atoms with Crippen molar-refractivity contribution in [2.45, 2.75) is 19.4 Å². The van der Waals surface area contributed by atoms with Crippen LogP contribution >= 0.6 is 0 Å². The molecule has 9 rings (SSSR count). The van der Waals surface area contributed by atoms with Crippen molar-refractivity contribution in [2.75, 3.05) is 51.0 Å². The molecule has 3 aromatic carbocycles. The quantitative estimate of drug-likeness (QED) is 0.190. The zero-order valence-electron chi connectivity index (χ0n) is 29.8. The van der Waals surface area contributed by atoms with Gasteiger partial charge in [-0.2, -0.15) is 0 Å². The normalized spacial score (nSPS) is 16.1. The molecule has 1 amide bonds. The summed E-state index contributed by atoms with van der Waals surface area (Å²) in [5, 5.41) is 3.50. The Balaban J connectivity index is 1.24. The van der Waals surface area contributed by atoms with E-state index in [9.17, 15) is 17.6 Å². The average Bonchev–Trinajstić information content (AvgIpc) is 3.73. The first-order valence-electron chi connectivity index (χ1n) is 17.7. The number of sulfonamides is 1. The highest BCUT2D eigenvalue weighted by Gasteiger charge is 2.44. The van der Waals surface area contributed by atoms with E-state index in [0.29, 0.717) is 56.2 Å². The lowest BCUT2D eigenvalue weighted by Gasteiger charge is -2.52.